The minimum absolute atomic E-state index is 0.0277. The normalized spacial score (nSPS) is 11.7. The van der Waals surface area contributed by atoms with Crippen molar-refractivity contribution in [2.45, 2.75) is 135 Å². The first-order chi connectivity index (χ1) is 16.0. The molecule has 0 unspecified atom stereocenters. The molecule has 0 heterocycles. The van der Waals surface area contributed by atoms with E-state index in [0.29, 0.717) is 25.8 Å². The van der Waals surface area contributed by atoms with E-state index in [1.165, 1.54) is 83.5 Å². The lowest BCUT2D eigenvalue weighted by Crippen LogP contribution is -2.42. The van der Waals surface area contributed by atoms with Gasteiger partial charge in [0, 0.05) is 13.0 Å². The van der Waals surface area contributed by atoms with Crippen molar-refractivity contribution in [1.82, 2.24) is 5.32 Å². The Bertz CT molecular complexity index is 508. The molecule has 0 aliphatic heterocycles. The molecule has 194 valence electrons. The molecular weight excluding hydrogens is 416 g/mol. The third-order valence-corrected chi connectivity index (χ3v) is 5.86. The van der Waals surface area contributed by atoms with Crippen LogP contribution in [0.3, 0.4) is 0 Å². The molecule has 7 heteroatoms. The topological polar surface area (TPSA) is 120 Å². The summed E-state index contributed by atoms with van der Waals surface area (Å²) < 4.78 is 5.08. The van der Waals surface area contributed by atoms with Crippen LogP contribution in [0.25, 0.3) is 0 Å². The number of carbonyl (C=O) groups is 2. The number of ether oxygens (including phenoxy) is 1. The van der Waals surface area contributed by atoms with Crippen LogP contribution in [-0.2, 0) is 14.3 Å². The third-order valence-electron chi connectivity index (χ3n) is 5.86. The van der Waals surface area contributed by atoms with Crippen LogP contribution in [0.1, 0.15) is 129 Å². The zero-order valence-electron chi connectivity index (χ0n) is 21.5. The van der Waals surface area contributed by atoms with Crippen molar-refractivity contribution < 1.29 is 14.3 Å². The fourth-order valence-electron chi connectivity index (χ4n) is 3.92. The maximum Gasteiger partial charge on any atom is 0.328 e. The van der Waals surface area contributed by atoms with Gasteiger partial charge in [0.25, 0.3) is 0 Å². The van der Waals surface area contributed by atoms with Crippen LogP contribution in [0.4, 0.5) is 0 Å². The molecule has 5 N–H and O–H groups in total. The Hall–Kier alpha value is -1.79. The van der Waals surface area contributed by atoms with E-state index in [9.17, 15) is 9.59 Å². The van der Waals surface area contributed by atoms with E-state index in [-0.39, 0.29) is 18.5 Å². The van der Waals surface area contributed by atoms with Crippen molar-refractivity contribution in [3.05, 3.63) is 0 Å². The van der Waals surface area contributed by atoms with Crippen molar-refractivity contribution >= 4 is 17.8 Å². The highest BCUT2D eigenvalue weighted by molar-refractivity contribution is 5.84. The van der Waals surface area contributed by atoms with Crippen LogP contribution in [0, 0.1) is 0 Å². The highest BCUT2D eigenvalue weighted by Crippen LogP contribution is 2.14. The maximum atomic E-state index is 12.3. The van der Waals surface area contributed by atoms with E-state index in [1.54, 1.807) is 6.92 Å². The molecule has 1 atom stereocenters. The maximum absolute atomic E-state index is 12.3. The summed E-state index contributed by atoms with van der Waals surface area (Å²) in [5.74, 6) is -0.462. The minimum atomic E-state index is -0.636. The van der Waals surface area contributed by atoms with Crippen LogP contribution in [0.5, 0.6) is 0 Å². The second kappa shape index (κ2) is 23.4. The molecule has 1 amide bonds. The Morgan fingerprint density at radius 2 is 1.24 bits per heavy atom. The summed E-state index contributed by atoms with van der Waals surface area (Å²) in [5, 5.41) is 2.81. The molecule has 0 rings (SSSR count). The van der Waals surface area contributed by atoms with E-state index in [0.717, 1.165) is 12.8 Å². The van der Waals surface area contributed by atoms with Crippen molar-refractivity contribution in [1.29, 1.82) is 0 Å². The van der Waals surface area contributed by atoms with Crippen molar-refractivity contribution in [3.8, 4) is 0 Å². The first-order valence-corrected chi connectivity index (χ1v) is 13.5. The van der Waals surface area contributed by atoms with Crippen LogP contribution < -0.4 is 16.8 Å². The van der Waals surface area contributed by atoms with E-state index >= 15 is 0 Å². The van der Waals surface area contributed by atoms with Crippen LogP contribution in [0.2, 0.25) is 0 Å². The quantitative estimate of drug-likeness (QED) is 0.0808. The fourth-order valence-corrected chi connectivity index (χ4v) is 3.92. The van der Waals surface area contributed by atoms with Crippen molar-refractivity contribution in [3.63, 3.8) is 0 Å². The number of rotatable bonds is 23. The van der Waals surface area contributed by atoms with Gasteiger partial charge < -0.3 is 21.5 Å². The molecule has 0 spiro atoms. The molecule has 0 aliphatic rings. The lowest BCUT2D eigenvalue weighted by atomic mass is 10.0. The number of amides is 1. The van der Waals surface area contributed by atoms with Gasteiger partial charge in [-0.1, -0.05) is 96.8 Å². The smallest absolute Gasteiger partial charge is 0.328 e. The van der Waals surface area contributed by atoms with Gasteiger partial charge in [-0.3, -0.25) is 9.79 Å². The molecule has 0 saturated heterocycles. The van der Waals surface area contributed by atoms with Gasteiger partial charge >= 0.3 is 5.97 Å². The lowest BCUT2D eigenvalue weighted by molar-refractivity contribution is -0.147. The van der Waals surface area contributed by atoms with Crippen molar-refractivity contribution in [2.24, 2.45) is 16.5 Å². The van der Waals surface area contributed by atoms with Gasteiger partial charge in [-0.2, -0.15) is 0 Å². The second-order valence-electron chi connectivity index (χ2n) is 9.02. The predicted octanol–water partition coefficient (Wildman–Crippen LogP) is 5.35. The van der Waals surface area contributed by atoms with Gasteiger partial charge in [-0.05, 0) is 26.2 Å². The highest BCUT2D eigenvalue weighted by atomic mass is 16.5. The van der Waals surface area contributed by atoms with Crippen LogP contribution in [0.15, 0.2) is 4.99 Å². The van der Waals surface area contributed by atoms with E-state index in [4.69, 9.17) is 16.2 Å². The Balaban J connectivity index is 3.72. The number of nitrogens with zero attached hydrogens (tertiary/aromatic N) is 1. The van der Waals surface area contributed by atoms with E-state index in [1.807, 2.05) is 0 Å². The van der Waals surface area contributed by atoms with E-state index in [2.05, 4.69) is 17.2 Å². The number of nitrogens with two attached hydrogens (primary N) is 2. The summed E-state index contributed by atoms with van der Waals surface area (Å²) in [5.41, 5.74) is 10.6. The molecule has 33 heavy (non-hydrogen) atoms. The highest BCUT2D eigenvalue weighted by Gasteiger charge is 2.21. The number of unbranched alkanes of at least 4 members (excludes halogenated alkanes) is 14. The fraction of sp³-hybridized carbons (Fsp3) is 0.885. The molecule has 0 aromatic rings. The van der Waals surface area contributed by atoms with Gasteiger partial charge in [-0.15, -0.1) is 0 Å². The zero-order valence-corrected chi connectivity index (χ0v) is 21.5. The average molecular weight is 469 g/mol. The number of carbonyl (C=O) groups excluding carboxylic acids is 2. The third kappa shape index (κ3) is 21.8. The molecule has 0 fully saturated rings. The van der Waals surface area contributed by atoms with Gasteiger partial charge in [0.1, 0.15) is 6.04 Å². The van der Waals surface area contributed by atoms with Crippen molar-refractivity contribution in [2.75, 3.05) is 13.2 Å². The standard InChI is InChI=1S/C26H52N4O3/c1-3-5-6-7-8-9-10-11-12-13-14-15-16-17-18-21-24(31)30-23(25(32)33-4-2)20-19-22-29-26(27)28/h23H,3-22H2,1-2H3,(H,30,31)(H4,27,28,29)/t23-/m0/s1. The molecular formula is C26H52N4O3. The number of nitrogens with one attached hydrogen (secondary N) is 1. The van der Waals surface area contributed by atoms with E-state index < -0.39 is 12.0 Å². The molecule has 0 radical (unpaired) electrons. The Morgan fingerprint density at radius 1 is 0.758 bits per heavy atom. The van der Waals surface area contributed by atoms with Gasteiger partial charge in [0.15, 0.2) is 5.96 Å². The Labute approximate surface area is 202 Å². The molecule has 7 nitrogen and oxygen atoms in total. The van der Waals surface area contributed by atoms with Gasteiger partial charge in [-0.25, -0.2) is 4.79 Å². The number of guanidine groups is 1. The Kier molecular flexibility index (Phi) is 22.1. The first-order valence-electron chi connectivity index (χ1n) is 13.5. The summed E-state index contributed by atoms with van der Waals surface area (Å²) in [7, 11) is 0. The summed E-state index contributed by atoms with van der Waals surface area (Å²) in [4.78, 5) is 28.3. The van der Waals surface area contributed by atoms with Crippen LogP contribution >= 0.6 is 0 Å². The summed E-state index contributed by atoms with van der Waals surface area (Å²) in [6.07, 6.45) is 20.9. The molecule has 0 aromatic heterocycles. The monoisotopic (exact) mass is 468 g/mol. The molecule has 0 aromatic carbocycles. The SMILES string of the molecule is CCCCCCCCCCCCCCCCCC(=O)N[C@@H](CCCN=C(N)N)C(=O)OCC. The molecule has 0 bridgehead atoms. The number of aliphatic imine (C=N–C) groups is 1. The number of hydrogen-bond donors (Lipinski definition) is 3. The van der Waals surface area contributed by atoms with Gasteiger partial charge in [0.05, 0.1) is 6.61 Å². The Morgan fingerprint density at radius 3 is 1.70 bits per heavy atom. The predicted molar refractivity (Wildman–Crippen MR) is 138 cm³/mol. The number of esters is 1. The summed E-state index contributed by atoms with van der Waals surface area (Å²) in [6.45, 7) is 4.73. The first kappa shape index (κ1) is 31.2. The second-order valence-corrected chi connectivity index (χ2v) is 9.02. The zero-order chi connectivity index (χ0) is 24.6. The lowest BCUT2D eigenvalue weighted by Gasteiger charge is -2.17. The average Bonchev–Trinajstić information content (AvgIpc) is 2.78. The van der Waals surface area contributed by atoms with Crippen LogP contribution in [-0.4, -0.2) is 37.0 Å². The largest absolute Gasteiger partial charge is 0.464 e. The molecule has 0 saturated carbocycles. The molecule has 0 aliphatic carbocycles. The minimum Gasteiger partial charge on any atom is -0.464 e. The number of hydrogen-bond acceptors (Lipinski definition) is 4. The summed E-state index contributed by atoms with van der Waals surface area (Å²) in [6, 6.07) is -0.636. The summed E-state index contributed by atoms with van der Waals surface area (Å²) >= 11 is 0. The van der Waals surface area contributed by atoms with Gasteiger partial charge in [0.2, 0.25) is 5.91 Å².